The lowest BCUT2D eigenvalue weighted by molar-refractivity contribution is 0.152. The second kappa shape index (κ2) is 14.3. The molecule has 0 fully saturated rings. The Kier molecular flexibility index (Phi) is 11.4. The second-order valence-corrected chi connectivity index (χ2v) is 9.39. The van der Waals surface area contributed by atoms with Gasteiger partial charge >= 0.3 is 0 Å². The van der Waals surface area contributed by atoms with Crippen LogP contribution >= 0.6 is 0 Å². The predicted molar refractivity (Wildman–Crippen MR) is 161 cm³/mol. The zero-order valence-electron chi connectivity index (χ0n) is 24.7. The molecule has 5 rings (SSSR count). The van der Waals surface area contributed by atoms with E-state index in [-0.39, 0.29) is 18.4 Å². The number of fused-ring (bicyclic) bond motifs is 1. The fraction of sp³-hybridized carbons (Fsp3) is 0.345. The summed E-state index contributed by atoms with van der Waals surface area (Å²) in [5.41, 5.74) is 20.4. The normalized spacial score (nSPS) is 12.1. The summed E-state index contributed by atoms with van der Waals surface area (Å²) >= 11 is 0. The lowest BCUT2D eigenvalue weighted by Gasteiger charge is -2.25. The monoisotopic (exact) mass is 564 g/mol. The number of halogens is 1. The van der Waals surface area contributed by atoms with Crippen molar-refractivity contribution in [2.24, 2.45) is 5.73 Å². The lowest BCUT2D eigenvalue weighted by Crippen LogP contribution is -2.34. The van der Waals surface area contributed by atoms with Gasteiger partial charge in [-0.2, -0.15) is 10.2 Å². The first-order chi connectivity index (χ1) is 19.5. The minimum absolute atomic E-state index is 0.0181. The number of hydrogen-bond acceptors (Lipinski definition) is 9. The molecule has 1 aromatic carbocycles. The molecular formula is C29H41FN10O. The molecule has 5 aromatic rings. The number of benzene rings is 1. The molecule has 0 unspecified atom stereocenters. The van der Waals surface area contributed by atoms with Gasteiger partial charge in [-0.1, -0.05) is 39.8 Å². The van der Waals surface area contributed by atoms with E-state index in [1.165, 1.54) is 18.5 Å². The largest absolute Gasteiger partial charge is 0.394 e. The van der Waals surface area contributed by atoms with Gasteiger partial charge in [0.1, 0.15) is 17.7 Å². The van der Waals surface area contributed by atoms with Gasteiger partial charge in [-0.05, 0) is 44.5 Å². The van der Waals surface area contributed by atoms with E-state index in [0.29, 0.717) is 5.82 Å². The number of nitrogens with two attached hydrogens (primary N) is 3. The summed E-state index contributed by atoms with van der Waals surface area (Å²) in [6, 6.07) is 7.96. The molecule has 0 amide bonds. The zero-order valence-corrected chi connectivity index (χ0v) is 24.7. The number of hydrogen-bond donors (Lipinski definition) is 4. The number of aliphatic hydroxyl groups excluding tert-OH is 1. The first-order valence-corrected chi connectivity index (χ1v) is 13.4. The third-order valence-corrected chi connectivity index (χ3v) is 6.07. The highest BCUT2D eigenvalue weighted by Gasteiger charge is 2.24. The van der Waals surface area contributed by atoms with Crippen molar-refractivity contribution in [1.82, 2.24) is 34.3 Å². The smallest absolute Gasteiger partial charge is 0.219 e. The molecule has 0 aliphatic carbocycles. The Hall–Kier alpha value is -4.42. The maximum atomic E-state index is 12.8. The molecule has 41 heavy (non-hydrogen) atoms. The van der Waals surface area contributed by atoms with Gasteiger partial charge in [0, 0.05) is 41.5 Å². The minimum atomic E-state index is -0.776. The molecule has 7 N–H and O–H groups in total. The standard InChI is InChI=1S/C13H16N6O.C12H13FN4.2C2H6/c1-13(2,7-20)19-6-10(4-16-19)9-3-11-12(14)15-8-17-18(11)5-9;1-12(15,8-2-4-10(13)5-3-8)9-6-16-11(14)17-7-9;2*1-2/h3-6,8,20H,7H2,1-2H3,(H2,14,15,17);2-7H,15H2,1H3,(H2,14,16,17);2*1-2H3/t;12-;;/m.0../s1. The van der Waals surface area contributed by atoms with Crippen LogP contribution in [-0.2, 0) is 11.1 Å². The molecule has 12 heteroatoms. The molecule has 0 spiro atoms. The van der Waals surface area contributed by atoms with Crippen LogP contribution in [0.25, 0.3) is 16.6 Å². The molecule has 0 saturated carbocycles. The summed E-state index contributed by atoms with van der Waals surface area (Å²) in [5.74, 6) is 0.344. The van der Waals surface area contributed by atoms with Crippen LogP contribution in [0.1, 0.15) is 59.6 Å². The number of nitrogens with zero attached hydrogens (tertiary/aromatic N) is 7. The van der Waals surface area contributed by atoms with Crippen LogP contribution in [-0.4, -0.2) is 46.1 Å². The fourth-order valence-corrected chi connectivity index (χ4v) is 3.55. The van der Waals surface area contributed by atoms with Gasteiger partial charge in [0.25, 0.3) is 0 Å². The Bertz CT molecular complexity index is 1450. The Morgan fingerprint density at radius 3 is 2.00 bits per heavy atom. The predicted octanol–water partition coefficient (Wildman–Crippen LogP) is 4.37. The van der Waals surface area contributed by atoms with Gasteiger partial charge in [0.05, 0.1) is 23.9 Å². The maximum absolute atomic E-state index is 12.8. The Balaban J connectivity index is 0.000000259. The summed E-state index contributed by atoms with van der Waals surface area (Å²) in [6.45, 7) is 13.7. The summed E-state index contributed by atoms with van der Waals surface area (Å²) in [4.78, 5) is 11.8. The molecule has 4 heterocycles. The van der Waals surface area contributed by atoms with Crippen LogP contribution in [0.3, 0.4) is 0 Å². The van der Waals surface area contributed by atoms with E-state index in [1.54, 1.807) is 39.9 Å². The maximum Gasteiger partial charge on any atom is 0.219 e. The van der Waals surface area contributed by atoms with E-state index in [2.05, 4.69) is 25.1 Å². The first-order valence-electron chi connectivity index (χ1n) is 13.4. The van der Waals surface area contributed by atoms with Gasteiger partial charge < -0.3 is 22.3 Å². The highest BCUT2D eigenvalue weighted by atomic mass is 19.1. The van der Waals surface area contributed by atoms with E-state index in [9.17, 15) is 9.50 Å². The third-order valence-electron chi connectivity index (χ3n) is 6.07. The SMILES string of the molecule is CC.CC.CC(C)(CO)n1cc(-c2cc3c(N)ncnn3c2)cn1.C[C@](N)(c1ccc(F)cc1)c1cnc(N)nc1. The second-order valence-electron chi connectivity index (χ2n) is 9.39. The number of nitrogen functional groups attached to an aromatic ring is 2. The molecule has 4 aromatic heterocycles. The van der Waals surface area contributed by atoms with Crippen molar-refractivity contribution < 1.29 is 9.50 Å². The van der Waals surface area contributed by atoms with Gasteiger partial charge in [0.15, 0.2) is 5.82 Å². The molecule has 0 bridgehead atoms. The Morgan fingerprint density at radius 2 is 1.44 bits per heavy atom. The summed E-state index contributed by atoms with van der Waals surface area (Å²) in [6.07, 6.45) is 10.1. The minimum Gasteiger partial charge on any atom is -0.394 e. The molecule has 0 aliphatic heterocycles. The average molecular weight is 565 g/mol. The van der Waals surface area contributed by atoms with Crippen LogP contribution in [0.2, 0.25) is 0 Å². The molecule has 220 valence electrons. The summed E-state index contributed by atoms with van der Waals surface area (Å²) in [7, 11) is 0. The van der Waals surface area contributed by atoms with E-state index < -0.39 is 11.1 Å². The molecule has 0 aliphatic rings. The van der Waals surface area contributed by atoms with Crippen molar-refractivity contribution in [3.8, 4) is 11.1 Å². The molecule has 0 radical (unpaired) electrons. The Morgan fingerprint density at radius 1 is 0.829 bits per heavy atom. The van der Waals surface area contributed by atoms with Gasteiger partial charge in [-0.15, -0.1) is 0 Å². The molecule has 0 saturated heterocycles. The van der Waals surface area contributed by atoms with Crippen molar-refractivity contribution in [3.63, 3.8) is 0 Å². The van der Waals surface area contributed by atoms with Crippen molar-refractivity contribution in [3.05, 3.63) is 84.6 Å². The number of anilines is 2. The fourth-order valence-electron chi connectivity index (χ4n) is 3.55. The van der Waals surface area contributed by atoms with E-state index in [1.807, 2.05) is 66.9 Å². The highest BCUT2D eigenvalue weighted by molar-refractivity contribution is 5.75. The van der Waals surface area contributed by atoms with Crippen LogP contribution in [0.5, 0.6) is 0 Å². The van der Waals surface area contributed by atoms with Gasteiger partial charge in [-0.25, -0.2) is 23.9 Å². The quantitative estimate of drug-likeness (QED) is 0.242. The first kappa shape index (κ1) is 32.8. The van der Waals surface area contributed by atoms with Crippen LogP contribution < -0.4 is 17.2 Å². The third kappa shape index (κ3) is 7.83. The van der Waals surface area contributed by atoms with Crippen LogP contribution in [0, 0.1) is 5.82 Å². The average Bonchev–Trinajstić information content (AvgIpc) is 3.65. The van der Waals surface area contributed by atoms with Crippen LogP contribution in [0.15, 0.2) is 67.6 Å². The van der Waals surface area contributed by atoms with E-state index in [0.717, 1.165) is 27.8 Å². The van der Waals surface area contributed by atoms with E-state index >= 15 is 0 Å². The number of rotatable bonds is 5. The van der Waals surface area contributed by atoms with Gasteiger partial charge in [-0.3, -0.25) is 4.68 Å². The zero-order chi connectivity index (χ0) is 30.8. The van der Waals surface area contributed by atoms with Gasteiger partial charge in [0.2, 0.25) is 5.95 Å². The van der Waals surface area contributed by atoms with Crippen molar-refractivity contribution >= 4 is 17.3 Å². The molecular weight excluding hydrogens is 523 g/mol. The Labute approximate surface area is 240 Å². The van der Waals surface area contributed by atoms with Crippen molar-refractivity contribution in [1.29, 1.82) is 0 Å². The van der Waals surface area contributed by atoms with Crippen molar-refractivity contribution in [2.45, 2.75) is 59.5 Å². The van der Waals surface area contributed by atoms with E-state index in [4.69, 9.17) is 17.2 Å². The topological polar surface area (TPSA) is 172 Å². The molecule has 11 nitrogen and oxygen atoms in total. The molecule has 1 atom stereocenters. The summed E-state index contributed by atoms with van der Waals surface area (Å²) < 4.78 is 16.3. The van der Waals surface area contributed by atoms with Crippen molar-refractivity contribution in [2.75, 3.05) is 18.1 Å². The van der Waals surface area contributed by atoms with Crippen LogP contribution in [0.4, 0.5) is 16.2 Å². The lowest BCUT2D eigenvalue weighted by atomic mass is 9.87. The summed E-state index contributed by atoms with van der Waals surface area (Å²) in [5, 5.41) is 17.8. The number of aromatic nitrogens is 7. The highest BCUT2D eigenvalue weighted by Crippen LogP contribution is 2.26. The number of aliphatic hydroxyl groups is 1.